The van der Waals surface area contributed by atoms with Gasteiger partial charge in [-0.15, -0.1) is 0 Å². The Labute approximate surface area is 69.2 Å². The molecule has 0 aromatic carbocycles. The monoisotopic (exact) mass is 179 g/mol. The zero-order chi connectivity index (χ0) is 9.30. The van der Waals surface area contributed by atoms with Crippen LogP contribution in [0.15, 0.2) is 0 Å². The molecule has 6 nitrogen and oxygen atoms in total. The highest BCUT2D eigenvalue weighted by Gasteiger charge is 2.41. The van der Waals surface area contributed by atoms with E-state index >= 15 is 0 Å². The molecule has 12 heavy (non-hydrogen) atoms. The van der Waals surface area contributed by atoms with Gasteiger partial charge in [0.05, 0.1) is 12.6 Å². The quantitative estimate of drug-likeness (QED) is 0.288. The van der Waals surface area contributed by atoms with Gasteiger partial charge in [0.1, 0.15) is 18.3 Å². The SMILES string of the molecule is N[C@H]1[C@@H](O)[C@H](O)O[C@H](CO)[C@@H]1O. The highest BCUT2D eigenvalue weighted by Crippen LogP contribution is 2.17. The lowest BCUT2D eigenvalue weighted by Gasteiger charge is -2.38. The molecule has 1 aliphatic rings. The van der Waals surface area contributed by atoms with E-state index in [-0.39, 0.29) is 0 Å². The molecule has 1 heterocycles. The molecule has 1 aliphatic heterocycles. The van der Waals surface area contributed by atoms with Gasteiger partial charge in [-0.05, 0) is 0 Å². The summed E-state index contributed by atoms with van der Waals surface area (Å²) >= 11 is 0. The van der Waals surface area contributed by atoms with E-state index in [0.717, 1.165) is 0 Å². The Morgan fingerprint density at radius 2 is 1.75 bits per heavy atom. The third kappa shape index (κ3) is 1.58. The number of hydrogen-bond donors (Lipinski definition) is 5. The number of aliphatic hydroxyl groups excluding tert-OH is 4. The van der Waals surface area contributed by atoms with Gasteiger partial charge in [-0.3, -0.25) is 0 Å². The van der Waals surface area contributed by atoms with Crippen LogP contribution in [0.4, 0.5) is 0 Å². The Kier molecular flexibility index (Phi) is 2.99. The Hall–Kier alpha value is -0.240. The molecule has 6 heteroatoms. The summed E-state index contributed by atoms with van der Waals surface area (Å²) in [6, 6.07) is -0.995. The third-order valence-corrected chi connectivity index (χ3v) is 1.96. The molecule has 0 amide bonds. The van der Waals surface area contributed by atoms with Crippen LogP contribution in [0.2, 0.25) is 0 Å². The lowest BCUT2D eigenvalue weighted by Crippen LogP contribution is -2.62. The van der Waals surface area contributed by atoms with E-state index in [9.17, 15) is 5.11 Å². The second-order valence-corrected chi connectivity index (χ2v) is 2.81. The minimum Gasteiger partial charge on any atom is -0.394 e. The number of hydrogen-bond acceptors (Lipinski definition) is 6. The molecule has 0 spiro atoms. The summed E-state index contributed by atoms with van der Waals surface area (Å²) in [5, 5.41) is 36.0. The Morgan fingerprint density at radius 3 is 2.25 bits per heavy atom. The maximum Gasteiger partial charge on any atom is 0.183 e. The summed E-state index contributed by atoms with van der Waals surface area (Å²) in [5.74, 6) is 0. The number of nitrogens with two attached hydrogens (primary N) is 1. The molecular formula is C6H13NO5. The molecule has 0 aromatic heterocycles. The third-order valence-electron chi connectivity index (χ3n) is 1.96. The van der Waals surface area contributed by atoms with E-state index in [1.54, 1.807) is 0 Å². The van der Waals surface area contributed by atoms with Gasteiger partial charge >= 0.3 is 0 Å². The number of ether oxygens (including phenoxy) is 1. The molecule has 0 aromatic rings. The minimum absolute atomic E-state index is 0.446. The van der Waals surface area contributed by atoms with Gasteiger partial charge < -0.3 is 30.9 Å². The summed E-state index contributed by atoms with van der Waals surface area (Å²) in [7, 11) is 0. The maximum absolute atomic E-state index is 9.24. The lowest BCUT2D eigenvalue weighted by atomic mass is 9.97. The number of aliphatic hydroxyl groups is 4. The molecule has 5 atom stereocenters. The van der Waals surface area contributed by atoms with Gasteiger partial charge in [-0.25, -0.2) is 0 Å². The average molecular weight is 179 g/mol. The van der Waals surface area contributed by atoms with Crippen LogP contribution in [0.5, 0.6) is 0 Å². The van der Waals surface area contributed by atoms with E-state index in [0.29, 0.717) is 0 Å². The first-order valence-corrected chi connectivity index (χ1v) is 3.64. The predicted molar refractivity (Wildman–Crippen MR) is 38.0 cm³/mol. The predicted octanol–water partition coefficient (Wildman–Crippen LogP) is -3.26. The summed E-state index contributed by atoms with van der Waals surface area (Å²) in [6.45, 7) is -0.446. The first-order valence-electron chi connectivity index (χ1n) is 3.64. The van der Waals surface area contributed by atoms with Crippen LogP contribution in [0.3, 0.4) is 0 Å². The molecule has 6 N–H and O–H groups in total. The van der Waals surface area contributed by atoms with E-state index in [1.165, 1.54) is 0 Å². The van der Waals surface area contributed by atoms with Crippen molar-refractivity contribution in [2.45, 2.75) is 30.6 Å². The summed E-state index contributed by atoms with van der Waals surface area (Å²) in [4.78, 5) is 0. The second-order valence-electron chi connectivity index (χ2n) is 2.81. The molecular weight excluding hydrogens is 166 g/mol. The lowest BCUT2D eigenvalue weighted by molar-refractivity contribution is -0.258. The molecule has 1 saturated heterocycles. The van der Waals surface area contributed by atoms with Crippen molar-refractivity contribution in [3.63, 3.8) is 0 Å². The zero-order valence-corrected chi connectivity index (χ0v) is 6.37. The molecule has 1 fully saturated rings. The Bertz CT molecular complexity index is 150. The average Bonchev–Trinajstić information content (AvgIpc) is 2.08. The zero-order valence-electron chi connectivity index (χ0n) is 6.37. The minimum atomic E-state index is -1.44. The summed E-state index contributed by atoms with van der Waals surface area (Å²) in [6.07, 6.45) is -4.85. The van der Waals surface area contributed by atoms with Crippen LogP contribution in [-0.4, -0.2) is 57.7 Å². The van der Waals surface area contributed by atoms with Crippen LogP contribution < -0.4 is 5.73 Å². The van der Waals surface area contributed by atoms with Gasteiger partial charge in [-0.2, -0.15) is 0 Å². The molecule has 0 aliphatic carbocycles. The topological polar surface area (TPSA) is 116 Å². The van der Waals surface area contributed by atoms with E-state index in [2.05, 4.69) is 4.74 Å². The Morgan fingerprint density at radius 1 is 1.17 bits per heavy atom. The van der Waals surface area contributed by atoms with Crippen LogP contribution in [-0.2, 0) is 4.74 Å². The standard InChI is InChI=1S/C6H13NO5/c7-3-4(9)2(1-8)12-6(11)5(3)10/h2-6,8-11H,1,7H2/t2-,3-,4+,5-,6-/m1/s1. The van der Waals surface area contributed by atoms with Crippen LogP contribution in [0.1, 0.15) is 0 Å². The van der Waals surface area contributed by atoms with Gasteiger partial charge in [-0.1, -0.05) is 0 Å². The Balaban J connectivity index is 2.63. The van der Waals surface area contributed by atoms with Crippen molar-refractivity contribution < 1.29 is 25.2 Å². The van der Waals surface area contributed by atoms with Crippen molar-refractivity contribution >= 4 is 0 Å². The highest BCUT2D eigenvalue weighted by atomic mass is 16.6. The maximum atomic E-state index is 9.24. The van der Waals surface area contributed by atoms with Crippen molar-refractivity contribution in [2.24, 2.45) is 5.73 Å². The van der Waals surface area contributed by atoms with Crippen molar-refractivity contribution in [3.8, 4) is 0 Å². The van der Waals surface area contributed by atoms with Crippen LogP contribution in [0, 0.1) is 0 Å². The normalized spacial score (nSPS) is 49.2. The second kappa shape index (κ2) is 3.65. The van der Waals surface area contributed by atoms with Gasteiger partial charge in [0.25, 0.3) is 0 Å². The molecule has 0 saturated carbocycles. The van der Waals surface area contributed by atoms with Crippen molar-refractivity contribution in [3.05, 3.63) is 0 Å². The fourth-order valence-electron chi connectivity index (χ4n) is 1.13. The van der Waals surface area contributed by atoms with E-state index in [1.807, 2.05) is 0 Å². The van der Waals surface area contributed by atoms with Gasteiger partial charge in [0.2, 0.25) is 0 Å². The van der Waals surface area contributed by atoms with E-state index in [4.69, 9.17) is 21.1 Å². The molecule has 72 valence electrons. The summed E-state index contributed by atoms with van der Waals surface area (Å²) < 4.78 is 4.66. The fourth-order valence-corrected chi connectivity index (χ4v) is 1.13. The first-order chi connectivity index (χ1) is 5.57. The van der Waals surface area contributed by atoms with Crippen LogP contribution >= 0.6 is 0 Å². The van der Waals surface area contributed by atoms with Crippen LogP contribution in [0.25, 0.3) is 0 Å². The van der Waals surface area contributed by atoms with Crippen molar-refractivity contribution in [1.82, 2.24) is 0 Å². The fraction of sp³-hybridized carbons (Fsp3) is 1.00. The highest BCUT2D eigenvalue weighted by molar-refractivity contribution is 4.90. The van der Waals surface area contributed by atoms with Gasteiger partial charge in [0.15, 0.2) is 6.29 Å². The van der Waals surface area contributed by atoms with Crippen molar-refractivity contribution in [2.75, 3.05) is 6.61 Å². The smallest absolute Gasteiger partial charge is 0.183 e. The molecule has 1 rings (SSSR count). The van der Waals surface area contributed by atoms with Crippen molar-refractivity contribution in [1.29, 1.82) is 0 Å². The number of rotatable bonds is 1. The summed E-state index contributed by atoms with van der Waals surface area (Å²) in [5.41, 5.74) is 5.33. The molecule has 0 radical (unpaired) electrons. The van der Waals surface area contributed by atoms with Gasteiger partial charge in [0, 0.05) is 0 Å². The first kappa shape index (κ1) is 9.85. The largest absolute Gasteiger partial charge is 0.394 e. The molecule has 0 unspecified atom stereocenters. The molecule has 0 bridgehead atoms. The van der Waals surface area contributed by atoms with E-state index < -0.39 is 37.3 Å².